The molecule has 8 nitrogen and oxygen atoms in total. The van der Waals surface area contributed by atoms with Gasteiger partial charge in [-0.1, -0.05) is 23.9 Å². The van der Waals surface area contributed by atoms with Gasteiger partial charge in [0, 0.05) is 24.7 Å². The second-order valence-electron chi connectivity index (χ2n) is 3.60. The highest BCUT2D eigenvalue weighted by Crippen LogP contribution is 2.18. The summed E-state index contributed by atoms with van der Waals surface area (Å²) in [6, 6.07) is 5.64. The minimum Gasteiger partial charge on any atom is -0.293 e. The van der Waals surface area contributed by atoms with Crippen LogP contribution in [0.15, 0.2) is 29.4 Å². The van der Waals surface area contributed by atoms with Crippen molar-refractivity contribution in [3.8, 4) is 0 Å². The first kappa shape index (κ1) is 13.1. The first-order valence-electron chi connectivity index (χ1n) is 5.21. The van der Waals surface area contributed by atoms with Crippen molar-refractivity contribution in [3.05, 3.63) is 39.9 Å². The molecule has 19 heavy (non-hydrogen) atoms. The fourth-order valence-electron chi connectivity index (χ4n) is 1.35. The smallest absolute Gasteiger partial charge is 0.270 e. The number of aryl methyl sites for hydroxylation is 1. The molecule has 98 valence electrons. The van der Waals surface area contributed by atoms with Crippen LogP contribution < -0.4 is 0 Å². The number of hydrogen-bond acceptors (Lipinski definition) is 7. The zero-order valence-corrected chi connectivity index (χ0v) is 10.7. The van der Waals surface area contributed by atoms with Crippen molar-refractivity contribution < 1.29 is 9.72 Å². The molecule has 0 aliphatic carbocycles. The van der Waals surface area contributed by atoms with E-state index in [2.05, 4.69) is 15.5 Å². The molecule has 0 atom stereocenters. The molecule has 0 spiro atoms. The van der Waals surface area contributed by atoms with Crippen LogP contribution in [0, 0.1) is 10.1 Å². The van der Waals surface area contributed by atoms with Gasteiger partial charge < -0.3 is 0 Å². The van der Waals surface area contributed by atoms with Crippen LogP contribution in [0.4, 0.5) is 5.69 Å². The van der Waals surface area contributed by atoms with Crippen LogP contribution >= 0.6 is 11.8 Å². The Morgan fingerprint density at radius 2 is 2.32 bits per heavy atom. The average molecular weight is 279 g/mol. The molecule has 0 saturated heterocycles. The van der Waals surface area contributed by atoms with Crippen LogP contribution in [0.3, 0.4) is 0 Å². The fourth-order valence-corrected chi connectivity index (χ4v) is 2.09. The SMILES string of the molecule is Cn1nnnc1SCC(=O)c1cccc([N+](=O)[O-])c1. The standard InChI is InChI=1S/C10H9N5O3S/c1-14-10(11-12-13-14)19-6-9(16)7-3-2-4-8(5-7)15(17)18/h2-5H,6H2,1H3. The number of nitro benzene ring substituents is 1. The number of nitrogens with zero attached hydrogens (tertiary/aromatic N) is 5. The van der Waals surface area contributed by atoms with Gasteiger partial charge in [0.1, 0.15) is 0 Å². The summed E-state index contributed by atoms with van der Waals surface area (Å²) >= 11 is 1.18. The Morgan fingerprint density at radius 1 is 1.53 bits per heavy atom. The highest BCUT2D eigenvalue weighted by atomic mass is 32.2. The third kappa shape index (κ3) is 3.13. The van der Waals surface area contributed by atoms with Gasteiger partial charge in [-0.2, -0.15) is 0 Å². The molecule has 0 radical (unpaired) electrons. The minimum absolute atomic E-state index is 0.101. The summed E-state index contributed by atoms with van der Waals surface area (Å²) in [5.74, 6) is -0.0910. The molecule has 1 heterocycles. The number of rotatable bonds is 5. The lowest BCUT2D eigenvalue weighted by atomic mass is 10.1. The molecule has 1 aromatic carbocycles. The van der Waals surface area contributed by atoms with E-state index in [9.17, 15) is 14.9 Å². The Morgan fingerprint density at radius 3 is 2.95 bits per heavy atom. The average Bonchev–Trinajstić information content (AvgIpc) is 2.81. The Labute approximate surface area is 112 Å². The molecule has 9 heteroatoms. The molecule has 0 amide bonds. The van der Waals surface area contributed by atoms with E-state index in [1.54, 1.807) is 13.1 Å². The Hall–Kier alpha value is -2.29. The molecule has 1 aromatic heterocycles. The Bertz CT molecular complexity index is 627. The van der Waals surface area contributed by atoms with Gasteiger partial charge in [0.25, 0.3) is 5.69 Å². The Kier molecular flexibility index (Phi) is 3.85. The first-order chi connectivity index (χ1) is 9.08. The maximum atomic E-state index is 11.9. The molecule has 0 aliphatic heterocycles. The maximum Gasteiger partial charge on any atom is 0.270 e. The second-order valence-corrected chi connectivity index (χ2v) is 4.55. The zero-order chi connectivity index (χ0) is 13.8. The van der Waals surface area contributed by atoms with Gasteiger partial charge in [-0.25, -0.2) is 4.68 Å². The van der Waals surface area contributed by atoms with Crippen molar-refractivity contribution in [2.45, 2.75) is 5.16 Å². The molecule has 0 aliphatic rings. The number of benzene rings is 1. The van der Waals surface area contributed by atoms with Gasteiger partial charge in [-0.15, -0.1) is 5.10 Å². The number of carbonyl (C=O) groups excluding carboxylic acids is 1. The Balaban J connectivity index is 2.06. The molecular weight excluding hydrogens is 270 g/mol. The zero-order valence-electron chi connectivity index (χ0n) is 9.89. The van der Waals surface area contributed by atoms with Gasteiger partial charge in [0.2, 0.25) is 5.16 Å². The van der Waals surface area contributed by atoms with E-state index >= 15 is 0 Å². The molecule has 0 N–H and O–H groups in total. The highest BCUT2D eigenvalue weighted by molar-refractivity contribution is 7.99. The number of aromatic nitrogens is 4. The summed E-state index contributed by atoms with van der Waals surface area (Å²) in [6.45, 7) is 0. The van der Waals surface area contributed by atoms with Crippen molar-refractivity contribution in [1.29, 1.82) is 0 Å². The van der Waals surface area contributed by atoms with E-state index in [0.717, 1.165) is 0 Å². The number of tetrazole rings is 1. The van der Waals surface area contributed by atoms with E-state index in [4.69, 9.17) is 0 Å². The van der Waals surface area contributed by atoms with Crippen LogP contribution in [0.5, 0.6) is 0 Å². The van der Waals surface area contributed by atoms with Crippen LogP contribution in [0.25, 0.3) is 0 Å². The van der Waals surface area contributed by atoms with Gasteiger partial charge in [-0.05, 0) is 10.4 Å². The summed E-state index contributed by atoms with van der Waals surface area (Å²) < 4.78 is 1.45. The summed E-state index contributed by atoms with van der Waals surface area (Å²) in [6.07, 6.45) is 0. The monoisotopic (exact) mass is 279 g/mol. The van der Waals surface area contributed by atoms with E-state index in [1.807, 2.05) is 0 Å². The van der Waals surface area contributed by atoms with Crippen molar-refractivity contribution in [1.82, 2.24) is 20.2 Å². The van der Waals surface area contributed by atoms with Crippen molar-refractivity contribution in [3.63, 3.8) is 0 Å². The molecule has 0 unspecified atom stereocenters. The molecule has 0 saturated carbocycles. The lowest BCUT2D eigenvalue weighted by molar-refractivity contribution is -0.384. The second kappa shape index (κ2) is 5.57. The van der Waals surface area contributed by atoms with Crippen molar-refractivity contribution in [2.24, 2.45) is 7.05 Å². The number of carbonyl (C=O) groups is 1. The topological polar surface area (TPSA) is 104 Å². The van der Waals surface area contributed by atoms with Crippen molar-refractivity contribution in [2.75, 3.05) is 5.75 Å². The largest absolute Gasteiger partial charge is 0.293 e. The summed E-state index contributed by atoms with van der Waals surface area (Å²) in [5, 5.41) is 22.0. The lowest BCUT2D eigenvalue weighted by Crippen LogP contribution is -2.04. The number of non-ortho nitro benzene ring substituents is 1. The lowest BCUT2D eigenvalue weighted by Gasteiger charge is -2.00. The number of nitro groups is 1. The van der Waals surface area contributed by atoms with Crippen molar-refractivity contribution >= 4 is 23.2 Å². The number of Topliss-reactive ketones (excluding diaryl/α,β-unsaturated/α-hetero) is 1. The highest BCUT2D eigenvalue weighted by Gasteiger charge is 2.13. The first-order valence-corrected chi connectivity index (χ1v) is 6.19. The van der Waals surface area contributed by atoms with E-state index in [0.29, 0.717) is 10.7 Å². The third-order valence-electron chi connectivity index (χ3n) is 2.29. The summed E-state index contributed by atoms with van der Waals surface area (Å²) in [4.78, 5) is 22.0. The minimum atomic E-state index is -0.531. The predicted molar refractivity (Wildman–Crippen MR) is 66.9 cm³/mol. The number of hydrogen-bond donors (Lipinski definition) is 0. The van der Waals surface area contributed by atoms with E-state index < -0.39 is 4.92 Å². The molecule has 0 fully saturated rings. The van der Waals surface area contributed by atoms with Gasteiger partial charge in [0.05, 0.1) is 10.7 Å². The van der Waals surface area contributed by atoms with Gasteiger partial charge >= 0.3 is 0 Å². The number of thioether (sulfide) groups is 1. The fraction of sp³-hybridized carbons (Fsp3) is 0.200. The summed E-state index contributed by atoms with van der Waals surface area (Å²) in [5.41, 5.74) is 0.202. The van der Waals surface area contributed by atoms with Crippen LogP contribution in [-0.4, -0.2) is 36.7 Å². The predicted octanol–water partition coefficient (Wildman–Crippen LogP) is 1.09. The maximum absolute atomic E-state index is 11.9. The van der Waals surface area contributed by atoms with Gasteiger partial charge in [-0.3, -0.25) is 14.9 Å². The molecule has 2 rings (SSSR count). The van der Waals surface area contributed by atoms with Crippen LogP contribution in [0.1, 0.15) is 10.4 Å². The molecule has 2 aromatic rings. The quantitative estimate of drug-likeness (QED) is 0.349. The van der Waals surface area contributed by atoms with Crippen LogP contribution in [0.2, 0.25) is 0 Å². The molecular formula is C10H9N5O3S. The number of ketones is 1. The van der Waals surface area contributed by atoms with Crippen LogP contribution in [-0.2, 0) is 7.05 Å². The molecule has 0 bridgehead atoms. The normalized spacial score (nSPS) is 10.4. The summed E-state index contributed by atoms with van der Waals surface area (Å²) in [7, 11) is 1.67. The third-order valence-corrected chi connectivity index (χ3v) is 3.30. The van der Waals surface area contributed by atoms with E-state index in [-0.39, 0.29) is 17.2 Å². The van der Waals surface area contributed by atoms with Gasteiger partial charge in [0.15, 0.2) is 5.78 Å². The van der Waals surface area contributed by atoms with E-state index in [1.165, 1.54) is 34.6 Å².